The maximum absolute atomic E-state index is 5.50. The summed E-state index contributed by atoms with van der Waals surface area (Å²) in [4.78, 5) is 1.35. The summed E-state index contributed by atoms with van der Waals surface area (Å²) in [7, 11) is 0. The van der Waals surface area contributed by atoms with E-state index < -0.39 is 0 Å². The first kappa shape index (κ1) is 13.1. The van der Waals surface area contributed by atoms with E-state index in [1.54, 1.807) is 11.3 Å². The minimum Gasteiger partial charge on any atom is -0.377 e. The zero-order chi connectivity index (χ0) is 12.8. The third kappa shape index (κ3) is 3.34. The number of para-hydroxylation sites is 1. The first-order valence-corrected chi connectivity index (χ1v) is 7.14. The van der Waals surface area contributed by atoms with Crippen molar-refractivity contribution in [3.63, 3.8) is 0 Å². The molecule has 0 aliphatic heterocycles. The maximum Gasteiger partial charge on any atom is 0.0736 e. The normalized spacial score (nSPS) is 12.3. The van der Waals surface area contributed by atoms with E-state index in [0.29, 0.717) is 12.6 Å². The van der Waals surface area contributed by atoms with E-state index in [9.17, 15) is 0 Å². The average Bonchev–Trinajstić information content (AvgIpc) is 2.91. The van der Waals surface area contributed by atoms with Crippen LogP contribution >= 0.6 is 11.3 Å². The fourth-order valence-electron chi connectivity index (χ4n) is 1.84. The van der Waals surface area contributed by atoms with Crippen LogP contribution in [0.4, 0.5) is 5.69 Å². The van der Waals surface area contributed by atoms with E-state index in [1.165, 1.54) is 10.4 Å². The van der Waals surface area contributed by atoms with Crippen molar-refractivity contribution in [3.05, 3.63) is 52.2 Å². The lowest BCUT2D eigenvalue weighted by molar-refractivity contribution is 0.134. The number of benzene rings is 1. The first-order valence-electron chi connectivity index (χ1n) is 6.27. The highest BCUT2D eigenvalue weighted by atomic mass is 32.1. The number of nitrogens with one attached hydrogen (secondary N) is 1. The molecule has 18 heavy (non-hydrogen) atoms. The van der Waals surface area contributed by atoms with Gasteiger partial charge in [-0.15, -0.1) is 11.3 Å². The van der Waals surface area contributed by atoms with Crippen molar-refractivity contribution < 1.29 is 4.74 Å². The summed E-state index contributed by atoms with van der Waals surface area (Å²) < 4.78 is 5.50. The lowest BCUT2D eigenvalue weighted by atomic mass is 10.1. The number of thiophene rings is 1. The number of hydrogen-bond donors (Lipinski definition) is 1. The van der Waals surface area contributed by atoms with E-state index in [-0.39, 0.29) is 0 Å². The molecule has 0 spiro atoms. The molecule has 1 aromatic carbocycles. The highest BCUT2D eigenvalue weighted by Crippen LogP contribution is 2.25. The van der Waals surface area contributed by atoms with Crippen molar-refractivity contribution in [2.45, 2.75) is 26.5 Å². The molecule has 1 unspecified atom stereocenters. The van der Waals surface area contributed by atoms with Crippen LogP contribution in [-0.4, -0.2) is 6.61 Å². The molecule has 1 atom stereocenters. The van der Waals surface area contributed by atoms with Gasteiger partial charge in [0, 0.05) is 22.7 Å². The molecule has 2 aromatic rings. The van der Waals surface area contributed by atoms with Crippen LogP contribution in [0.25, 0.3) is 0 Å². The van der Waals surface area contributed by atoms with E-state index in [4.69, 9.17) is 4.74 Å². The molecule has 96 valence electrons. The highest BCUT2D eigenvalue weighted by Gasteiger charge is 2.08. The molecular weight excluding hydrogens is 242 g/mol. The fraction of sp³-hybridized carbons (Fsp3) is 0.333. The molecule has 1 aromatic heterocycles. The Hall–Kier alpha value is -1.32. The summed E-state index contributed by atoms with van der Waals surface area (Å²) in [6, 6.07) is 12.9. The van der Waals surface area contributed by atoms with Crippen LogP contribution in [-0.2, 0) is 11.3 Å². The Balaban J connectivity index is 2.08. The molecule has 0 radical (unpaired) electrons. The summed E-state index contributed by atoms with van der Waals surface area (Å²) in [6.45, 7) is 5.61. The Morgan fingerprint density at radius 1 is 1.22 bits per heavy atom. The zero-order valence-electron chi connectivity index (χ0n) is 10.8. The second-order valence-corrected chi connectivity index (χ2v) is 5.16. The molecule has 0 saturated heterocycles. The van der Waals surface area contributed by atoms with Gasteiger partial charge >= 0.3 is 0 Å². The Kier molecular flexibility index (Phi) is 4.79. The summed E-state index contributed by atoms with van der Waals surface area (Å²) in [5.41, 5.74) is 2.37. The largest absolute Gasteiger partial charge is 0.377 e. The predicted molar refractivity (Wildman–Crippen MR) is 78.1 cm³/mol. The quantitative estimate of drug-likeness (QED) is 0.829. The van der Waals surface area contributed by atoms with Crippen LogP contribution in [0.1, 0.15) is 30.3 Å². The second-order valence-electron chi connectivity index (χ2n) is 4.18. The lowest BCUT2D eigenvalue weighted by Crippen LogP contribution is -2.07. The van der Waals surface area contributed by atoms with Gasteiger partial charge in [-0.2, -0.15) is 0 Å². The third-order valence-electron chi connectivity index (χ3n) is 2.82. The van der Waals surface area contributed by atoms with Gasteiger partial charge in [-0.05, 0) is 31.4 Å². The van der Waals surface area contributed by atoms with Crippen molar-refractivity contribution in [2.75, 3.05) is 11.9 Å². The number of ether oxygens (including phenoxy) is 1. The SMILES string of the molecule is CCOCc1ccccc1NC(C)c1cccs1. The van der Waals surface area contributed by atoms with Gasteiger partial charge in [-0.1, -0.05) is 24.3 Å². The molecule has 0 bridgehead atoms. The lowest BCUT2D eigenvalue weighted by Gasteiger charge is -2.17. The van der Waals surface area contributed by atoms with Crippen LogP contribution in [0.5, 0.6) is 0 Å². The van der Waals surface area contributed by atoms with Crippen LogP contribution in [0, 0.1) is 0 Å². The van der Waals surface area contributed by atoms with Crippen LogP contribution in [0.2, 0.25) is 0 Å². The minimum atomic E-state index is 0.327. The molecule has 0 fully saturated rings. The number of hydrogen-bond acceptors (Lipinski definition) is 3. The smallest absolute Gasteiger partial charge is 0.0736 e. The highest BCUT2D eigenvalue weighted by molar-refractivity contribution is 7.10. The van der Waals surface area contributed by atoms with Crippen molar-refractivity contribution in [1.29, 1.82) is 0 Å². The maximum atomic E-state index is 5.50. The molecule has 0 saturated carbocycles. The summed E-state index contributed by atoms with van der Waals surface area (Å²) in [5.74, 6) is 0. The molecule has 0 aliphatic rings. The molecule has 1 N–H and O–H groups in total. The van der Waals surface area contributed by atoms with Crippen molar-refractivity contribution in [1.82, 2.24) is 0 Å². The third-order valence-corrected chi connectivity index (χ3v) is 3.88. The standard InChI is InChI=1S/C15H19NOS/c1-3-17-11-13-7-4-5-8-14(13)16-12(2)15-9-6-10-18-15/h4-10,12,16H,3,11H2,1-2H3. The van der Waals surface area contributed by atoms with Crippen molar-refractivity contribution >= 4 is 17.0 Å². The molecule has 2 rings (SSSR count). The van der Waals surface area contributed by atoms with E-state index in [0.717, 1.165) is 12.3 Å². The van der Waals surface area contributed by atoms with Crippen LogP contribution < -0.4 is 5.32 Å². The number of rotatable bonds is 6. The molecule has 3 heteroatoms. The number of anilines is 1. The topological polar surface area (TPSA) is 21.3 Å². The fourth-order valence-corrected chi connectivity index (χ4v) is 2.58. The summed E-state index contributed by atoms with van der Waals surface area (Å²) >= 11 is 1.78. The van der Waals surface area contributed by atoms with Gasteiger partial charge in [-0.25, -0.2) is 0 Å². The zero-order valence-corrected chi connectivity index (χ0v) is 11.7. The molecule has 0 amide bonds. The van der Waals surface area contributed by atoms with Crippen molar-refractivity contribution in [3.8, 4) is 0 Å². The predicted octanol–water partition coefficient (Wildman–Crippen LogP) is 4.46. The van der Waals surface area contributed by atoms with Gasteiger partial charge in [-0.3, -0.25) is 0 Å². The molecule has 0 aliphatic carbocycles. The Morgan fingerprint density at radius 3 is 2.78 bits per heavy atom. The first-order chi connectivity index (χ1) is 8.81. The van der Waals surface area contributed by atoms with Gasteiger partial charge in [0.2, 0.25) is 0 Å². The van der Waals surface area contributed by atoms with Gasteiger partial charge in [0.1, 0.15) is 0 Å². The second kappa shape index (κ2) is 6.57. The minimum absolute atomic E-state index is 0.327. The van der Waals surface area contributed by atoms with Gasteiger partial charge in [0.05, 0.1) is 12.6 Å². The molecule has 2 nitrogen and oxygen atoms in total. The van der Waals surface area contributed by atoms with Gasteiger partial charge in [0.25, 0.3) is 0 Å². The van der Waals surface area contributed by atoms with Crippen LogP contribution in [0.3, 0.4) is 0 Å². The van der Waals surface area contributed by atoms with Crippen molar-refractivity contribution in [2.24, 2.45) is 0 Å². The van der Waals surface area contributed by atoms with E-state index in [1.807, 2.05) is 6.92 Å². The summed E-state index contributed by atoms with van der Waals surface area (Å²) in [6.07, 6.45) is 0. The average molecular weight is 261 g/mol. The summed E-state index contributed by atoms with van der Waals surface area (Å²) in [5, 5.41) is 5.66. The van der Waals surface area contributed by atoms with Crippen LogP contribution in [0.15, 0.2) is 41.8 Å². The molecule has 1 heterocycles. The Bertz CT molecular complexity index is 467. The monoisotopic (exact) mass is 261 g/mol. The Morgan fingerprint density at radius 2 is 2.06 bits per heavy atom. The van der Waals surface area contributed by atoms with Gasteiger partial charge in [0.15, 0.2) is 0 Å². The van der Waals surface area contributed by atoms with E-state index >= 15 is 0 Å². The molecular formula is C15H19NOS. The van der Waals surface area contributed by atoms with E-state index in [2.05, 4.69) is 54.0 Å². The van der Waals surface area contributed by atoms with Gasteiger partial charge < -0.3 is 10.1 Å². The Labute approximate surface area is 113 Å².